The Morgan fingerprint density at radius 3 is 2.79 bits per heavy atom. The predicted molar refractivity (Wildman–Crippen MR) is 68.5 cm³/mol. The van der Waals surface area contributed by atoms with E-state index in [-0.39, 0.29) is 12.2 Å². The van der Waals surface area contributed by atoms with Crippen molar-refractivity contribution in [1.82, 2.24) is 4.98 Å². The van der Waals surface area contributed by atoms with Crippen LogP contribution >= 0.6 is 0 Å². The number of ether oxygens (including phenoxy) is 2. The van der Waals surface area contributed by atoms with Crippen LogP contribution in [-0.4, -0.2) is 23.2 Å². The lowest BCUT2D eigenvalue weighted by atomic mass is 10.2. The van der Waals surface area contributed by atoms with Gasteiger partial charge in [0.25, 0.3) is 0 Å². The molecule has 0 amide bonds. The number of benzene rings is 1. The second kappa shape index (κ2) is 5.86. The molecule has 0 bridgehead atoms. The fourth-order valence-electron chi connectivity index (χ4n) is 1.53. The highest BCUT2D eigenvalue weighted by Crippen LogP contribution is 2.15. The van der Waals surface area contributed by atoms with Crippen LogP contribution < -0.4 is 9.47 Å². The zero-order chi connectivity index (χ0) is 13.7. The Hall–Kier alpha value is -2.56. The highest BCUT2D eigenvalue weighted by molar-refractivity contribution is 5.87. The molecule has 0 spiro atoms. The lowest BCUT2D eigenvalue weighted by molar-refractivity contribution is 0.0696. The Kier molecular flexibility index (Phi) is 3.97. The van der Waals surface area contributed by atoms with Crippen molar-refractivity contribution in [3.63, 3.8) is 0 Å². The van der Waals surface area contributed by atoms with Gasteiger partial charge in [-0.2, -0.15) is 0 Å². The molecule has 0 saturated heterocycles. The van der Waals surface area contributed by atoms with E-state index in [0.717, 1.165) is 0 Å². The third-order valence-electron chi connectivity index (χ3n) is 2.46. The Labute approximate surface area is 110 Å². The van der Waals surface area contributed by atoms with Gasteiger partial charge in [-0.15, -0.1) is 0 Å². The number of carbonyl (C=O) groups is 1. The summed E-state index contributed by atoms with van der Waals surface area (Å²) < 4.78 is 10.5. The van der Waals surface area contributed by atoms with Crippen LogP contribution in [0, 0.1) is 0 Å². The van der Waals surface area contributed by atoms with Crippen molar-refractivity contribution >= 4 is 5.97 Å². The summed E-state index contributed by atoms with van der Waals surface area (Å²) in [7, 11) is 1.54. The van der Waals surface area contributed by atoms with Crippen LogP contribution in [0.15, 0.2) is 42.5 Å². The number of carboxylic acid groups (broad SMARTS) is 1. The van der Waals surface area contributed by atoms with Gasteiger partial charge in [0.1, 0.15) is 12.4 Å². The monoisotopic (exact) mass is 259 g/mol. The van der Waals surface area contributed by atoms with Gasteiger partial charge in [0.05, 0.1) is 18.4 Å². The van der Waals surface area contributed by atoms with E-state index in [2.05, 4.69) is 4.98 Å². The fourth-order valence-corrected chi connectivity index (χ4v) is 1.53. The number of nitrogens with zero attached hydrogens (tertiary/aromatic N) is 1. The summed E-state index contributed by atoms with van der Waals surface area (Å²) in [6.45, 7) is 0.250. The van der Waals surface area contributed by atoms with Gasteiger partial charge in [-0.25, -0.2) is 9.78 Å². The molecule has 0 aliphatic heterocycles. The van der Waals surface area contributed by atoms with Crippen LogP contribution in [0.25, 0.3) is 0 Å². The van der Waals surface area contributed by atoms with Gasteiger partial charge >= 0.3 is 5.97 Å². The van der Waals surface area contributed by atoms with Gasteiger partial charge < -0.3 is 14.6 Å². The molecule has 1 aromatic carbocycles. The number of aromatic nitrogens is 1. The number of rotatable bonds is 5. The molecule has 0 radical (unpaired) electrons. The van der Waals surface area contributed by atoms with Crippen LogP contribution in [-0.2, 0) is 6.61 Å². The first-order valence-electron chi connectivity index (χ1n) is 5.65. The summed E-state index contributed by atoms with van der Waals surface area (Å²) in [6, 6.07) is 11.7. The molecule has 1 aromatic heterocycles. The van der Waals surface area contributed by atoms with E-state index in [4.69, 9.17) is 14.6 Å². The Morgan fingerprint density at radius 1 is 1.26 bits per heavy atom. The lowest BCUT2D eigenvalue weighted by Gasteiger charge is -2.07. The zero-order valence-corrected chi connectivity index (χ0v) is 10.4. The summed E-state index contributed by atoms with van der Waals surface area (Å²) in [5.41, 5.74) is 0.899. The Morgan fingerprint density at radius 2 is 2.05 bits per heavy atom. The third kappa shape index (κ3) is 3.45. The first-order valence-corrected chi connectivity index (χ1v) is 5.65. The maximum Gasteiger partial charge on any atom is 0.335 e. The van der Waals surface area contributed by atoms with E-state index in [9.17, 15) is 4.79 Å². The molecule has 0 atom stereocenters. The quantitative estimate of drug-likeness (QED) is 0.892. The van der Waals surface area contributed by atoms with Gasteiger partial charge in [0.15, 0.2) is 0 Å². The van der Waals surface area contributed by atoms with Crippen molar-refractivity contribution in [3.05, 3.63) is 53.7 Å². The summed E-state index contributed by atoms with van der Waals surface area (Å²) in [4.78, 5) is 15.0. The minimum Gasteiger partial charge on any atom is -0.487 e. The molecule has 19 heavy (non-hydrogen) atoms. The van der Waals surface area contributed by atoms with Crippen molar-refractivity contribution in [3.8, 4) is 11.6 Å². The minimum absolute atomic E-state index is 0.191. The smallest absolute Gasteiger partial charge is 0.335 e. The van der Waals surface area contributed by atoms with Crippen LogP contribution in [0.2, 0.25) is 0 Å². The molecule has 0 aliphatic carbocycles. The molecule has 98 valence electrons. The minimum atomic E-state index is -0.982. The first-order chi connectivity index (χ1) is 9.19. The van der Waals surface area contributed by atoms with Crippen molar-refractivity contribution in [2.24, 2.45) is 0 Å². The van der Waals surface area contributed by atoms with Crippen molar-refractivity contribution in [1.29, 1.82) is 0 Å². The molecule has 0 unspecified atom stereocenters. The maximum atomic E-state index is 10.8. The molecule has 2 rings (SSSR count). The van der Waals surface area contributed by atoms with Crippen molar-refractivity contribution in [2.75, 3.05) is 7.11 Å². The number of aromatic carboxylic acids is 1. The number of methoxy groups -OCH3 is 1. The van der Waals surface area contributed by atoms with Crippen LogP contribution in [0.1, 0.15) is 16.1 Å². The van der Waals surface area contributed by atoms with Gasteiger partial charge in [-0.05, 0) is 24.3 Å². The van der Waals surface area contributed by atoms with E-state index in [0.29, 0.717) is 17.3 Å². The highest BCUT2D eigenvalue weighted by atomic mass is 16.5. The summed E-state index contributed by atoms with van der Waals surface area (Å²) >= 11 is 0. The van der Waals surface area contributed by atoms with E-state index < -0.39 is 5.97 Å². The lowest BCUT2D eigenvalue weighted by Crippen LogP contribution is -2.01. The molecular weight excluding hydrogens is 246 g/mol. The van der Waals surface area contributed by atoms with E-state index >= 15 is 0 Å². The average Bonchev–Trinajstić information content (AvgIpc) is 2.45. The zero-order valence-electron chi connectivity index (χ0n) is 10.4. The van der Waals surface area contributed by atoms with Gasteiger partial charge in [0.2, 0.25) is 5.88 Å². The van der Waals surface area contributed by atoms with E-state index in [1.165, 1.54) is 12.1 Å². The Balaban J connectivity index is 2.05. The molecule has 0 saturated carbocycles. The summed E-state index contributed by atoms with van der Waals surface area (Å²) in [5.74, 6) is 0.0230. The topological polar surface area (TPSA) is 68.7 Å². The van der Waals surface area contributed by atoms with Crippen molar-refractivity contribution < 1.29 is 19.4 Å². The van der Waals surface area contributed by atoms with Crippen LogP contribution in [0.5, 0.6) is 11.6 Å². The molecular formula is C14H13NO4. The van der Waals surface area contributed by atoms with E-state index in [1.54, 1.807) is 25.3 Å². The SMILES string of the molecule is COc1cccc(COc2cccc(C(=O)O)c2)n1. The number of carboxylic acids is 1. The maximum absolute atomic E-state index is 10.8. The second-order valence-corrected chi connectivity index (χ2v) is 3.79. The molecule has 0 aliphatic rings. The molecule has 5 nitrogen and oxygen atoms in total. The number of hydrogen-bond donors (Lipinski definition) is 1. The van der Waals surface area contributed by atoms with Crippen molar-refractivity contribution in [2.45, 2.75) is 6.61 Å². The highest BCUT2D eigenvalue weighted by Gasteiger charge is 2.04. The molecule has 1 N–H and O–H groups in total. The van der Waals surface area contributed by atoms with Crippen LogP contribution in [0.4, 0.5) is 0 Å². The predicted octanol–water partition coefficient (Wildman–Crippen LogP) is 2.37. The summed E-state index contributed by atoms with van der Waals surface area (Å²) in [5, 5.41) is 8.88. The van der Waals surface area contributed by atoms with Gasteiger partial charge in [-0.1, -0.05) is 12.1 Å². The van der Waals surface area contributed by atoms with E-state index in [1.807, 2.05) is 12.1 Å². The normalized spacial score (nSPS) is 9.95. The molecule has 2 aromatic rings. The summed E-state index contributed by atoms with van der Waals surface area (Å²) in [6.07, 6.45) is 0. The molecule has 5 heteroatoms. The average molecular weight is 259 g/mol. The van der Waals surface area contributed by atoms with Gasteiger partial charge in [-0.3, -0.25) is 0 Å². The Bertz CT molecular complexity index is 583. The molecule has 0 fully saturated rings. The van der Waals surface area contributed by atoms with Crippen LogP contribution in [0.3, 0.4) is 0 Å². The first kappa shape index (κ1) is 12.9. The second-order valence-electron chi connectivity index (χ2n) is 3.79. The fraction of sp³-hybridized carbons (Fsp3) is 0.143. The largest absolute Gasteiger partial charge is 0.487 e. The van der Waals surface area contributed by atoms with Gasteiger partial charge in [0, 0.05) is 6.07 Å². The number of hydrogen-bond acceptors (Lipinski definition) is 4. The standard InChI is InChI=1S/C14H13NO4/c1-18-13-7-3-5-11(15-13)9-19-12-6-2-4-10(8-12)14(16)17/h2-8H,9H2,1H3,(H,16,17). The third-order valence-corrected chi connectivity index (χ3v) is 2.46. The molecule has 1 heterocycles. The number of pyridine rings is 1.